The largest absolute Gasteiger partial charge is 0.508 e. The molecule has 0 aliphatic carbocycles. The maximum absolute atomic E-state index is 11.4. The highest BCUT2D eigenvalue weighted by atomic mass is 16.7. The van der Waals surface area contributed by atoms with Crippen LogP contribution in [0.1, 0.15) is 32.8 Å². The minimum absolute atomic E-state index is 0.0710. The average Bonchev–Trinajstić information content (AvgIpc) is 2.34. The van der Waals surface area contributed by atoms with Crippen molar-refractivity contribution < 1.29 is 14.3 Å². The molecule has 0 saturated heterocycles. The van der Waals surface area contributed by atoms with Gasteiger partial charge in [0.15, 0.2) is 0 Å². The molecule has 0 aromatic heterocycles. The molecule has 0 spiro atoms. The van der Waals surface area contributed by atoms with E-state index in [0.29, 0.717) is 5.92 Å². The van der Waals surface area contributed by atoms with Gasteiger partial charge in [-0.3, -0.25) is 0 Å². The molecular formula is C14H20O3. The van der Waals surface area contributed by atoms with Crippen LogP contribution in [0.3, 0.4) is 0 Å². The first-order chi connectivity index (χ1) is 8.13. The van der Waals surface area contributed by atoms with Gasteiger partial charge in [-0.25, -0.2) is 4.79 Å². The number of rotatable bonds is 5. The van der Waals surface area contributed by atoms with Gasteiger partial charge in [0.05, 0.1) is 0 Å². The number of ether oxygens (including phenoxy) is 2. The third kappa shape index (κ3) is 4.89. The summed E-state index contributed by atoms with van der Waals surface area (Å²) in [7, 11) is 0. The molecule has 0 amide bonds. The van der Waals surface area contributed by atoms with Gasteiger partial charge in [0.1, 0.15) is 12.7 Å². The van der Waals surface area contributed by atoms with Crippen molar-refractivity contribution in [1.82, 2.24) is 0 Å². The van der Waals surface area contributed by atoms with Crippen LogP contribution in [0.2, 0.25) is 0 Å². The van der Waals surface area contributed by atoms with Crippen molar-refractivity contribution in [2.45, 2.75) is 39.9 Å². The average molecular weight is 236 g/mol. The molecule has 0 heterocycles. The Morgan fingerprint density at radius 3 is 2.41 bits per heavy atom. The van der Waals surface area contributed by atoms with E-state index in [0.717, 1.165) is 12.0 Å². The topological polar surface area (TPSA) is 35.5 Å². The highest BCUT2D eigenvalue weighted by Gasteiger charge is 2.17. The molecule has 0 bridgehead atoms. The Morgan fingerprint density at radius 2 is 1.88 bits per heavy atom. The van der Waals surface area contributed by atoms with Gasteiger partial charge in [-0.1, -0.05) is 51.1 Å². The Hall–Kier alpha value is -1.51. The third-order valence-electron chi connectivity index (χ3n) is 2.59. The molecule has 0 saturated carbocycles. The lowest BCUT2D eigenvalue weighted by Gasteiger charge is -2.19. The highest BCUT2D eigenvalue weighted by Crippen LogP contribution is 2.12. The zero-order valence-electron chi connectivity index (χ0n) is 10.7. The van der Waals surface area contributed by atoms with Crippen LogP contribution in [-0.4, -0.2) is 12.3 Å². The van der Waals surface area contributed by atoms with Crippen LogP contribution < -0.4 is 0 Å². The molecule has 0 aliphatic rings. The number of hydrogen-bond donors (Lipinski definition) is 0. The molecule has 1 aromatic rings. The second-order valence-corrected chi connectivity index (χ2v) is 4.33. The molecular weight excluding hydrogens is 216 g/mol. The smallest absolute Gasteiger partial charge is 0.431 e. The number of hydrogen-bond acceptors (Lipinski definition) is 3. The lowest BCUT2D eigenvalue weighted by molar-refractivity contribution is 0.00250. The van der Waals surface area contributed by atoms with Gasteiger partial charge in [0, 0.05) is 0 Å². The monoisotopic (exact) mass is 236 g/mol. The van der Waals surface area contributed by atoms with E-state index in [2.05, 4.69) is 0 Å². The molecule has 1 atom stereocenters. The summed E-state index contributed by atoms with van der Waals surface area (Å²) in [6.07, 6.45) is 0.144. The van der Waals surface area contributed by atoms with E-state index in [4.69, 9.17) is 9.47 Å². The van der Waals surface area contributed by atoms with Gasteiger partial charge in [-0.2, -0.15) is 0 Å². The van der Waals surface area contributed by atoms with Crippen LogP contribution in [0.4, 0.5) is 4.79 Å². The molecule has 0 fully saturated rings. The van der Waals surface area contributed by atoms with Gasteiger partial charge in [-0.15, -0.1) is 0 Å². The fraction of sp³-hybridized carbons (Fsp3) is 0.500. The maximum atomic E-state index is 11.4. The van der Waals surface area contributed by atoms with Crippen LogP contribution >= 0.6 is 0 Å². The van der Waals surface area contributed by atoms with E-state index >= 15 is 0 Å². The van der Waals surface area contributed by atoms with E-state index in [9.17, 15) is 4.79 Å². The first-order valence-electron chi connectivity index (χ1n) is 6.00. The van der Waals surface area contributed by atoms with Crippen LogP contribution in [0.5, 0.6) is 0 Å². The predicted octanol–water partition coefficient (Wildman–Crippen LogP) is 3.77. The van der Waals surface area contributed by atoms with Gasteiger partial charge in [0.25, 0.3) is 0 Å². The van der Waals surface area contributed by atoms with Gasteiger partial charge in [-0.05, 0) is 17.9 Å². The molecule has 1 unspecified atom stereocenters. The van der Waals surface area contributed by atoms with Crippen molar-refractivity contribution in [3.8, 4) is 0 Å². The fourth-order valence-electron chi connectivity index (χ4n) is 1.56. The molecule has 1 rings (SSSR count). The molecule has 94 valence electrons. The molecule has 1 aromatic carbocycles. The van der Waals surface area contributed by atoms with E-state index < -0.39 is 6.16 Å². The Bertz CT molecular complexity index is 333. The molecule has 17 heavy (non-hydrogen) atoms. The van der Waals surface area contributed by atoms with Gasteiger partial charge < -0.3 is 9.47 Å². The first kappa shape index (κ1) is 13.6. The summed E-state index contributed by atoms with van der Waals surface area (Å²) < 4.78 is 10.3. The third-order valence-corrected chi connectivity index (χ3v) is 2.59. The van der Waals surface area contributed by atoms with Crippen molar-refractivity contribution in [2.75, 3.05) is 0 Å². The summed E-state index contributed by atoms with van der Waals surface area (Å²) >= 11 is 0. The van der Waals surface area contributed by atoms with E-state index in [1.54, 1.807) is 0 Å². The summed E-state index contributed by atoms with van der Waals surface area (Å²) in [5.41, 5.74) is 0.960. The normalized spacial score (nSPS) is 12.2. The minimum Gasteiger partial charge on any atom is -0.431 e. The van der Waals surface area contributed by atoms with Crippen molar-refractivity contribution in [3.05, 3.63) is 35.9 Å². The first-order valence-corrected chi connectivity index (χ1v) is 6.00. The zero-order chi connectivity index (χ0) is 12.7. The molecule has 3 heteroatoms. The van der Waals surface area contributed by atoms with E-state index in [1.807, 2.05) is 51.1 Å². The Labute approximate surface area is 103 Å². The van der Waals surface area contributed by atoms with E-state index in [-0.39, 0.29) is 12.7 Å². The van der Waals surface area contributed by atoms with Crippen molar-refractivity contribution in [1.29, 1.82) is 0 Å². The summed E-state index contributed by atoms with van der Waals surface area (Å²) in [6.45, 7) is 6.31. The Kier molecular flexibility index (Phi) is 5.53. The van der Waals surface area contributed by atoms with E-state index in [1.165, 1.54) is 0 Å². The fourth-order valence-corrected chi connectivity index (χ4v) is 1.56. The zero-order valence-corrected chi connectivity index (χ0v) is 10.7. The van der Waals surface area contributed by atoms with Crippen LogP contribution in [0.25, 0.3) is 0 Å². The molecule has 3 nitrogen and oxygen atoms in total. The van der Waals surface area contributed by atoms with Crippen LogP contribution in [0, 0.1) is 5.92 Å². The number of carbonyl (C=O) groups excluding carboxylic acids is 1. The number of carbonyl (C=O) groups is 1. The highest BCUT2D eigenvalue weighted by molar-refractivity contribution is 5.60. The lowest BCUT2D eigenvalue weighted by Crippen LogP contribution is -2.23. The van der Waals surface area contributed by atoms with Crippen LogP contribution in [0.15, 0.2) is 30.3 Å². The van der Waals surface area contributed by atoms with Crippen molar-refractivity contribution >= 4 is 6.16 Å². The molecule has 0 radical (unpaired) electrons. The van der Waals surface area contributed by atoms with Gasteiger partial charge >= 0.3 is 6.16 Å². The molecule has 0 N–H and O–H groups in total. The van der Waals surface area contributed by atoms with Crippen molar-refractivity contribution in [2.24, 2.45) is 5.92 Å². The Balaban J connectivity index is 2.35. The quantitative estimate of drug-likeness (QED) is 0.730. The predicted molar refractivity (Wildman–Crippen MR) is 66.6 cm³/mol. The lowest BCUT2D eigenvalue weighted by atomic mass is 10.1. The number of benzene rings is 1. The summed E-state index contributed by atoms with van der Waals surface area (Å²) in [5.74, 6) is 0.310. The second kappa shape index (κ2) is 6.94. The summed E-state index contributed by atoms with van der Waals surface area (Å²) in [4.78, 5) is 11.4. The maximum Gasteiger partial charge on any atom is 0.508 e. The minimum atomic E-state index is -0.589. The SMILES string of the molecule is CCC(OC(=O)OCc1ccccc1)C(C)C. The Morgan fingerprint density at radius 1 is 1.24 bits per heavy atom. The standard InChI is InChI=1S/C14H20O3/c1-4-13(11(2)3)17-14(15)16-10-12-8-6-5-7-9-12/h5-9,11,13H,4,10H2,1-3H3. The van der Waals surface area contributed by atoms with Gasteiger partial charge in [0.2, 0.25) is 0 Å². The molecule has 0 aliphatic heterocycles. The second-order valence-electron chi connectivity index (χ2n) is 4.33. The summed E-state index contributed by atoms with van der Waals surface area (Å²) in [6, 6.07) is 9.56. The summed E-state index contributed by atoms with van der Waals surface area (Å²) in [5, 5.41) is 0. The van der Waals surface area contributed by atoms with Crippen LogP contribution in [-0.2, 0) is 16.1 Å². The van der Waals surface area contributed by atoms with Crippen molar-refractivity contribution in [3.63, 3.8) is 0 Å².